The van der Waals surface area contributed by atoms with Gasteiger partial charge in [-0.05, 0) is 67.1 Å². The Bertz CT molecular complexity index is 1280. The van der Waals surface area contributed by atoms with E-state index in [0.717, 1.165) is 27.0 Å². The zero-order valence-electron chi connectivity index (χ0n) is 16.8. The first-order chi connectivity index (χ1) is 15.4. The van der Waals surface area contributed by atoms with Gasteiger partial charge in [0.15, 0.2) is 11.0 Å². The molecule has 4 aromatic rings. The van der Waals surface area contributed by atoms with E-state index < -0.39 is 0 Å². The summed E-state index contributed by atoms with van der Waals surface area (Å²) in [6, 6.07) is 20.5. The van der Waals surface area contributed by atoms with E-state index in [1.165, 1.54) is 11.8 Å². The molecule has 1 aromatic heterocycles. The lowest BCUT2D eigenvalue weighted by Gasteiger charge is -2.11. The van der Waals surface area contributed by atoms with Crippen molar-refractivity contribution in [3.63, 3.8) is 0 Å². The van der Waals surface area contributed by atoms with Crippen LogP contribution in [-0.4, -0.2) is 26.4 Å². The number of aromatic nitrogens is 3. The van der Waals surface area contributed by atoms with Crippen molar-refractivity contribution < 1.29 is 4.79 Å². The highest BCUT2D eigenvalue weighted by Crippen LogP contribution is 2.30. The fourth-order valence-electron chi connectivity index (χ4n) is 3.08. The van der Waals surface area contributed by atoms with Crippen molar-refractivity contribution in [1.82, 2.24) is 14.8 Å². The Hall–Kier alpha value is -2.32. The van der Waals surface area contributed by atoms with Crippen molar-refractivity contribution in [3.8, 4) is 17.1 Å². The Balaban J connectivity index is 1.60. The van der Waals surface area contributed by atoms with Gasteiger partial charge in [-0.2, -0.15) is 0 Å². The zero-order chi connectivity index (χ0) is 22.7. The third-order valence-electron chi connectivity index (χ3n) is 4.60. The molecule has 5 nitrogen and oxygen atoms in total. The van der Waals surface area contributed by atoms with Crippen LogP contribution in [0, 0.1) is 6.92 Å². The Morgan fingerprint density at radius 3 is 2.53 bits per heavy atom. The number of carbonyl (C=O) groups is 1. The Morgan fingerprint density at radius 2 is 1.81 bits per heavy atom. The molecule has 9 heteroatoms. The number of aryl methyl sites for hydroxylation is 1. The highest BCUT2D eigenvalue weighted by molar-refractivity contribution is 9.10. The topological polar surface area (TPSA) is 59.8 Å². The second-order valence-corrected chi connectivity index (χ2v) is 9.66. The van der Waals surface area contributed by atoms with Gasteiger partial charge in [0.05, 0.1) is 5.75 Å². The van der Waals surface area contributed by atoms with Crippen molar-refractivity contribution >= 4 is 62.5 Å². The van der Waals surface area contributed by atoms with Gasteiger partial charge in [0, 0.05) is 31.5 Å². The Kier molecular flexibility index (Phi) is 7.20. The summed E-state index contributed by atoms with van der Waals surface area (Å²) >= 11 is 17.0. The van der Waals surface area contributed by atoms with Crippen LogP contribution in [-0.2, 0) is 4.79 Å². The molecule has 0 aliphatic carbocycles. The number of hydrogen-bond acceptors (Lipinski definition) is 4. The fraction of sp³-hybridized carbons (Fsp3) is 0.0870. The molecule has 0 saturated heterocycles. The molecule has 0 aliphatic heterocycles. The summed E-state index contributed by atoms with van der Waals surface area (Å²) in [5.74, 6) is 0.674. The van der Waals surface area contributed by atoms with Crippen molar-refractivity contribution in [1.29, 1.82) is 0 Å². The molecule has 1 N–H and O–H groups in total. The smallest absolute Gasteiger partial charge is 0.234 e. The lowest BCUT2D eigenvalue weighted by molar-refractivity contribution is -0.113. The maximum absolute atomic E-state index is 12.6. The van der Waals surface area contributed by atoms with E-state index in [9.17, 15) is 4.79 Å². The van der Waals surface area contributed by atoms with Gasteiger partial charge >= 0.3 is 0 Å². The second-order valence-electron chi connectivity index (χ2n) is 6.92. The zero-order valence-corrected chi connectivity index (χ0v) is 20.8. The molecule has 4 rings (SSSR count). The largest absolute Gasteiger partial charge is 0.325 e. The molecule has 0 bridgehead atoms. The highest BCUT2D eigenvalue weighted by Gasteiger charge is 2.18. The molecule has 0 spiro atoms. The normalized spacial score (nSPS) is 10.9. The van der Waals surface area contributed by atoms with E-state index >= 15 is 0 Å². The lowest BCUT2D eigenvalue weighted by atomic mass is 10.2. The molecule has 1 heterocycles. The average Bonchev–Trinajstić information content (AvgIpc) is 3.19. The maximum Gasteiger partial charge on any atom is 0.234 e. The van der Waals surface area contributed by atoms with Crippen molar-refractivity contribution in [3.05, 3.63) is 86.8 Å². The number of nitrogens with one attached hydrogen (secondary N) is 1. The van der Waals surface area contributed by atoms with Gasteiger partial charge in [-0.3, -0.25) is 9.36 Å². The van der Waals surface area contributed by atoms with Crippen LogP contribution in [0.2, 0.25) is 10.0 Å². The summed E-state index contributed by atoms with van der Waals surface area (Å²) in [5.41, 5.74) is 3.41. The van der Waals surface area contributed by atoms with Crippen LogP contribution in [0.5, 0.6) is 0 Å². The molecule has 0 atom stereocenters. The minimum Gasteiger partial charge on any atom is -0.325 e. The summed E-state index contributed by atoms with van der Waals surface area (Å²) in [6.45, 7) is 1.95. The molecule has 0 fully saturated rings. The van der Waals surface area contributed by atoms with E-state index in [2.05, 4.69) is 31.4 Å². The van der Waals surface area contributed by atoms with Crippen molar-refractivity contribution in [2.75, 3.05) is 11.1 Å². The molecule has 1 amide bonds. The van der Waals surface area contributed by atoms with Gasteiger partial charge < -0.3 is 5.32 Å². The number of carbonyl (C=O) groups excluding carboxylic acids is 1. The van der Waals surface area contributed by atoms with Crippen LogP contribution in [0.15, 0.2) is 76.4 Å². The third kappa shape index (κ3) is 5.35. The first kappa shape index (κ1) is 22.9. The van der Waals surface area contributed by atoms with Crippen LogP contribution >= 0.6 is 50.9 Å². The van der Waals surface area contributed by atoms with Crippen LogP contribution in [0.3, 0.4) is 0 Å². The summed E-state index contributed by atoms with van der Waals surface area (Å²) in [7, 11) is 0. The monoisotopic (exact) mass is 546 g/mol. The van der Waals surface area contributed by atoms with E-state index in [-0.39, 0.29) is 11.7 Å². The molecule has 0 aliphatic rings. The fourth-order valence-corrected chi connectivity index (χ4v) is 4.63. The van der Waals surface area contributed by atoms with E-state index in [0.29, 0.717) is 21.0 Å². The molecule has 0 unspecified atom stereocenters. The first-order valence-corrected chi connectivity index (χ1v) is 12.1. The van der Waals surface area contributed by atoms with Gasteiger partial charge in [0.1, 0.15) is 0 Å². The minimum atomic E-state index is -0.129. The van der Waals surface area contributed by atoms with Gasteiger partial charge in [-0.25, -0.2) is 0 Å². The summed E-state index contributed by atoms with van der Waals surface area (Å²) in [5, 5.41) is 13.5. The minimum absolute atomic E-state index is 0.129. The van der Waals surface area contributed by atoms with Crippen molar-refractivity contribution in [2.45, 2.75) is 12.1 Å². The number of rotatable bonds is 6. The predicted molar refractivity (Wildman–Crippen MR) is 135 cm³/mol. The standard InChI is InChI=1S/C23H17BrCl2N4OS/c1-14-11-16(24)5-10-20(14)27-21(31)13-32-23-29-28-22(15-3-2-4-18(26)12-15)30(23)19-8-6-17(25)7-9-19/h2-12H,13H2,1H3,(H,27,31). The number of amides is 1. The predicted octanol–water partition coefficient (Wildman–Crippen LogP) is 7.04. The molecule has 3 aromatic carbocycles. The highest BCUT2D eigenvalue weighted by atomic mass is 79.9. The van der Waals surface area contributed by atoms with Crippen LogP contribution < -0.4 is 5.32 Å². The molecule has 0 saturated carbocycles. The molecule has 162 valence electrons. The summed E-state index contributed by atoms with van der Waals surface area (Å²) in [6.07, 6.45) is 0. The van der Waals surface area contributed by atoms with Crippen LogP contribution in [0.25, 0.3) is 17.1 Å². The van der Waals surface area contributed by atoms with Crippen LogP contribution in [0.4, 0.5) is 5.69 Å². The molecular formula is C23H17BrCl2N4OS. The second kappa shape index (κ2) is 10.1. The summed E-state index contributed by atoms with van der Waals surface area (Å²) < 4.78 is 2.86. The molecule has 32 heavy (non-hydrogen) atoms. The maximum atomic E-state index is 12.6. The van der Waals surface area contributed by atoms with Gasteiger partial charge in [-0.15, -0.1) is 10.2 Å². The molecular weight excluding hydrogens is 531 g/mol. The van der Waals surface area contributed by atoms with Gasteiger partial charge in [0.2, 0.25) is 5.91 Å². The Morgan fingerprint density at radius 1 is 1.03 bits per heavy atom. The number of benzene rings is 3. The average molecular weight is 548 g/mol. The SMILES string of the molecule is Cc1cc(Br)ccc1NC(=O)CSc1nnc(-c2cccc(Cl)c2)n1-c1ccc(Cl)cc1. The lowest BCUT2D eigenvalue weighted by Crippen LogP contribution is -2.15. The van der Waals surface area contributed by atoms with Gasteiger partial charge in [0.25, 0.3) is 0 Å². The van der Waals surface area contributed by atoms with Crippen LogP contribution in [0.1, 0.15) is 5.56 Å². The summed E-state index contributed by atoms with van der Waals surface area (Å²) in [4.78, 5) is 12.6. The van der Waals surface area contributed by atoms with Gasteiger partial charge in [-0.1, -0.05) is 63.0 Å². The number of hydrogen-bond donors (Lipinski definition) is 1. The van der Waals surface area contributed by atoms with E-state index in [1.54, 1.807) is 18.2 Å². The van der Waals surface area contributed by atoms with E-state index in [1.807, 2.05) is 60.0 Å². The number of nitrogens with zero attached hydrogens (tertiary/aromatic N) is 3. The quantitative estimate of drug-likeness (QED) is 0.263. The van der Waals surface area contributed by atoms with E-state index in [4.69, 9.17) is 23.2 Å². The molecule has 0 radical (unpaired) electrons. The number of halogens is 3. The van der Waals surface area contributed by atoms with Crippen molar-refractivity contribution in [2.24, 2.45) is 0 Å². The Labute approximate surface area is 208 Å². The third-order valence-corrected chi connectivity index (χ3v) is 6.51. The number of anilines is 1. The first-order valence-electron chi connectivity index (χ1n) is 9.57. The number of thioether (sulfide) groups is 1.